The van der Waals surface area contributed by atoms with Gasteiger partial charge in [0.05, 0.1) is 32.0 Å². The molecule has 0 aliphatic carbocycles. The lowest BCUT2D eigenvalue weighted by Crippen LogP contribution is -2.02. The molecule has 0 saturated heterocycles. The minimum Gasteiger partial charge on any atom is -0.490 e. The zero-order valence-corrected chi connectivity index (χ0v) is 12.5. The molecule has 0 aliphatic heterocycles. The third-order valence-corrected chi connectivity index (χ3v) is 2.01. The predicted molar refractivity (Wildman–Crippen MR) is 74.9 cm³/mol. The molecule has 124 valence electrons. The van der Waals surface area contributed by atoms with Crippen LogP contribution in [0.5, 0.6) is 17.2 Å². The first-order chi connectivity index (χ1) is 10.3. The van der Waals surface area contributed by atoms with Crippen LogP contribution in [-0.4, -0.2) is 27.1 Å². The monoisotopic (exact) mass is 324 g/mol. The first-order valence-electron chi connectivity index (χ1n) is 6.55. The number of hydrogen-bond donors (Lipinski definition) is 0. The molecule has 0 atom stereocenters. The highest BCUT2D eigenvalue weighted by Crippen LogP contribution is 2.41. The summed E-state index contributed by atoms with van der Waals surface area (Å²) in [6.45, 7) is 7.14. The Morgan fingerprint density at radius 1 is 0.909 bits per heavy atom. The van der Waals surface area contributed by atoms with Crippen molar-refractivity contribution in [1.29, 1.82) is 5.39 Å². The van der Waals surface area contributed by atoms with Crippen LogP contribution in [0.25, 0.3) is 4.98 Å². The largest absolute Gasteiger partial charge is 0.673 e. The van der Waals surface area contributed by atoms with E-state index in [0.717, 1.165) is 0 Å². The average Bonchev–Trinajstić information content (AvgIpc) is 2.40. The van der Waals surface area contributed by atoms with Crippen molar-refractivity contribution in [3.8, 4) is 17.2 Å². The minimum atomic E-state index is -6.00. The zero-order chi connectivity index (χ0) is 17.2. The van der Waals surface area contributed by atoms with E-state index in [0.29, 0.717) is 42.8 Å². The van der Waals surface area contributed by atoms with E-state index in [2.05, 4.69) is 4.98 Å². The molecule has 1 rings (SSSR count). The SMILES string of the molecule is CCOc1cc([N+]#N)cc(OCC)c1OCC.F[B-](F)(F)F. The van der Waals surface area contributed by atoms with Gasteiger partial charge in [0.15, 0.2) is 16.5 Å². The number of nitrogens with zero attached hydrogens (tertiary/aromatic N) is 2. The van der Waals surface area contributed by atoms with E-state index in [1.54, 1.807) is 12.1 Å². The van der Waals surface area contributed by atoms with Crippen molar-refractivity contribution in [3.05, 3.63) is 17.1 Å². The number of rotatable bonds is 6. The van der Waals surface area contributed by atoms with Gasteiger partial charge in [-0.25, -0.2) is 0 Å². The molecule has 0 fully saturated rings. The lowest BCUT2D eigenvalue weighted by Gasteiger charge is -2.13. The molecule has 0 saturated carbocycles. The van der Waals surface area contributed by atoms with Gasteiger partial charge >= 0.3 is 12.9 Å². The Kier molecular flexibility index (Phi) is 8.75. The Morgan fingerprint density at radius 3 is 1.55 bits per heavy atom. The fourth-order valence-electron chi connectivity index (χ4n) is 1.43. The van der Waals surface area contributed by atoms with E-state index >= 15 is 0 Å². The van der Waals surface area contributed by atoms with Crippen LogP contribution in [0, 0.1) is 5.39 Å². The van der Waals surface area contributed by atoms with E-state index in [4.69, 9.17) is 19.6 Å². The molecule has 10 heteroatoms. The molecule has 0 aliphatic rings. The summed E-state index contributed by atoms with van der Waals surface area (Å²) >= 11 is 0. The Bertz CT molecular complexity index is 473. The Labute approximate surface area is 125 Å². The molecular weight excluding hydrogens is 307 g/mol. The molecule has 22 heavy (non-hydrogen) atoms. The number of hydrogen-bond acceptors (Lipinski definition) is 4. The molecule has 0 aromatic heterocycles. The highest BCUT2D eigenvalue weighted by molar-refractivity contribution is 6.50. The average molecular weight is 324 g/mol. The lowest BCUT2D eigenvalue weighted by atomic mass is 10.2. The van der Waals surface area contributed by atoms with E-state index in [1.807, 2.05) is 20.8 Å². The molecule has 0 radical (unpaired) electrons. The second-order valence-corrected chi connectivity index (χ2v) is 3.67. The highest BCUT2D eigenvalue weighted by atomic mass is 19.5. The fourth-order valence-corrected chi connectivity index (χ4v) is 1.43. The number of ether oxygens (including phenoxy) is 3. The second kappa shape index (κ2) is 9.71. The molecular formula is C12H17BF4N2O3. The van der Waals surface area contributed by atoms with Crippen LogP contribution in [0.4, 0.5) is 23.0 Å². The Balaban J connectivity index is 0.000000763. The Morgan fingerprint density at radius 2 is 1.27 bits per heavy atom. The fraction of sp³-hybridized carbons (Fsp3) is 0.500. The minimum absolute atomic E-state index is 0.375. The molecule has 0 spiro atoms. The number of diazo groups is 1. The summed E-state index contributed by atoms with van der Waals surface area (Å²) in [5, 5.41) is 8.82. The molecule has 0 N–H and O–H groups in total. The van der Waals surface area contributed by atoms with Crippen LogP contribution in [0.1, 0.15) is 20.8 Å². The molecule has 0 amide bonds. The van der Waals surface area contributed by atoms with Crippen LogP contribution in [-0.2, 0) is 0 Å². The first kappa shape index (κ1) is 19.8. The summed E-state index contributed by atoms with van der Waals surface area (Å²) in [6.07, 6.45) is 0. The van der Waals surface area contributed by atoms with Crippen LogP contribution >= 0.6 is 0 Å². The van der Waals surface area contributed by atoms with E-state index in [9.17, 15) is 17.3 Å². The Hall–Kier alpha value is -2.18. The summed E-state index contributed by atoms with van der Waals surface area (Å²) in [6, 6.07) is 3.22. The molecule has 1 aromatic rings. The van der Waals surface area contributed by atoms with Crippen molar-refractivity contribution in [2.24, 2.45) is 0 Å². The first-order valence-corrected chi connectivity index (χ1v) is 6.55. The van der Waals surface area contributed by atoms with Crippen molar-refractivity contribution in [2.75, 3.05) is 19.8 Å². The lowest BCUT2D eigenvalue weighted by molar-refractivity contribution is 0.261. The number of halogens is 4. The maximum absolute atomic E-state index is 9.75. The van der Waals surface area contributed by atoms with Gasteiger partial charge in [-0.3, -0.25) is 0 Å². The van der Waals surface area contributed by atoms with Gasteiger partial charge in [0, 0.05) is 0 Å². The van der Waals surface area contributed by atoms with Gasteiger partial charge in [-0.05, 0) is 20.8 Å². The van der Waals surface area contributed by atoms with Crippen LogP contribution in [0.15, 0.2) is 12.1 Å². The molecule has 1 aromatic carbocycles. The summed E-state index contributed by atoms with van der Waals surface area (Å²) in [5.74, 6) is 1.59. The molecule has 5 nitrogen and oxygen atoms in total. The van der Waals surface area contributed by atoms with Crippen molar-refractivity contribution < 1.29 is 31.5 Å². The van der Waals surface area contributed by atoms with Gasteiger partial charge in [-0.15, -0.1) is 0 Å². The van der Waals surface area contributed by atoms with Gasteiger partial charge in [0.2, 0.25) is 11.1 Å². The van der Waals surface area contributed by atoms with Gasteiger partial charge < -0.3 is 31.5 Å². The molecule has 0 bridgehead atoms. The van der Waals surface area contributed by atoms with Crippen molar-refractivity contribution >= 4 is 12.9 Å². The summed E-state index contributed by atoms with van der Waals surface area (Å²) < 4.78 is 55.4. The third-order valence-electron chi connectivity index (χ3n) is 2.01. The third kappa shape index (κ3) is 8.19. The predicted octanol–water partition coefficient (Wildman–Crippen LogP) is 4.67. The summed E-state index contributed by atoms with van der Waals surface area (Å²) in [4.78, 5) is 3.14. The van der Waals surface area contributed by atoms with Crippen molar-refractivity contribution in [3.63, 3.8) is 0 Å². The molecule has 0 heterocycles. The van der Waals surface area contributed by atoms with Gasteiger partial charge in [0.1, 0.15) is 0 Å². The highest BCUT2D eigenvalue weighted by Gasteiger charge is 2.21. The molecule has 0 unspecified atom stereocenters. The topological polar surface area (TPSA) is 55.8 Å². The smallest absolute Gasteiger partial charge is 0.490 e. The van der Waals surface area contributed by atoms with Crippen LogP contribution < -0.4 is 14.2 Å². The van der Waals surface area contributed by atoms with Crippen molar-refractivity contribution in [2.45, 2.75) is 20.8 Å². The van der Waals surface area contributed by atoms with E-state index in [-0.39, 0.29) is 0 Å². The zero-order valence-electron chi connectivity index (χ0n) is 12.5. The van der Waals surface area contributed by atoms with Gasteiger partial charge in [-0.2, -0.15) is 0 Å². The van der Waals surface area contributed by atoms with Crippen LogP contribution in [0.3, 0.4) is 0 Å². The van der Waals surface area contributed by atoms with Gasteiger partial charge in [0.25, 0.3) is 0 Å². The maximum Gasteiger partial charge on any atom is 0.673 e. The quantitative estimate of drug-likeness (QED) is 0.433. The maximum atomic E-state index is 9.75. The standard InChI is InChI=1S/C12H17N2O3.BF4/c1-4-15-10-7-9(14-13)8-11(16-5-2)12(10)17-6-3;2-1(3,4)5/h7-8H,4-6H2,1-3H3;/q+1;-1. The summed E-state index contributed by atoms with van der Waals surface area (Å²) in [5.41, 5.74) is 0.375. The van der Waals surface area contributed by atoms with E-state index < -0.39 is 7.25 Å². The van der Waals surface area contributed by atoms with Gasteiger partial charge in [-0.1, -0.05) is 0 Å². The van der Waals surface area contributed by atoms with Crippen molar-refractivity contribution in [1.82, 2.24) is 0 Å². The van der Waals surface area contributed by atoms with E-state index in [1.165, 1.54) is 0 Å². The summed E-state index contributed by atoms with van der Waals surface area (Å²) in [7, 11) is -6.00. The number of benzene rings is 1. The second-order valence-electron chi connectivity index (χ2n) is 3.67. The van der Waals surface area contributed by atoms with Crippen LogP contribution in [0.2, 0.25) is 0 Å². The normalized spacial score (nSPS) is 10.1.